The topological polar surface area (TPSA) is 114 Å². The number of rotatable bonds is 4. The maximum Gasteiger partial charge on any atom is 0.416 e. The summed E-state index contributed by atoms with van der Waals surface area (Å²) in [5.41, 5.74) is -1.44. The van der Waals surface area contributed by atoms with Gasteiger partial charge in [-0.05, 0) is 47.5 Å². The Morgan fingerprint density at radius 1 is 1.12 bits per heavy atom. The van der Waals surface area contributed by atoms with Crippen LogP contribution < -0.4 is 16.0 Å². The minimum Gasteiger partial charge on any atom is -0.341 e. The summed E-state index contributed by atoms with van der Waals surface area (Å²) in [6.45, 7) is -0.439. The van der Waals surface area contributed by atoms with E-state index in [-0.39, 0.29) is 52.2 Å². The van der Waals surface area contributed by atoms with Gasteiger partial charge in [-0.1, -0.05) is 17.7 Å². The summed E-state index contributed by atoms with van der Waals surface area (Å²) in [7, 11) is 0. The molecule has 1 atom stereocenters. The molecular weight excluding hydrogens is 561 g/mol. The number of alkyl halides is 3. The van der Waals surface area contributed by atoms with Crippen molar-refractivity contribution >= 4 is 40.8 Å². The van der Waals surface area contributed by atoms with Crippen LogP contribution in [0.25, 0.3) is 0 Å². The number of fused-ring (bicyclic) bond motifs is 3. The second-order valence-corrected chi connectivity index (χ2v) is 9.35. The van der Waals surface area contributed by atoms with E-state index >= 15 is 0 Å². The molecule has 3 aromatic rings. The number of anilines is 2. The molecule has 2 heterocycles. The highest BCUT2D eigenvalue weighted by Gasteiger charge is 2.40. The summed E-state index contributed by atoms with van der Waals surface area (Å²) in [6, 6.07) is 6.23. The zero-order valence-corrected chi connectivity index (χ0v) is 20.7. The number of carbonyl (C=O) groups excluding carboxylic acids is 3. The molecule has 40 heavy (non-hydrogen) atoms. The van der Waals surface area contributed by atoms with Crippen LogP contribution in [0.2, 0.25) is 5.02 Å². The fourth-order valence-corrected chi connectivity index (χ4v) is 4.94. The van der Waals surface area contributed by atoms with Crippen molar-refractivity contribution < 1.29 is 36.3 Å². The number of amides is 4. The first-order valence-electron chi connectivity index (χ1n) is 11.4. The Balaban J connectivity index is 1.66. The third-order valence-corrected chi connectivity index (χ3v) is 6.72. The highest BCUT2D eigenvalue weighted by atomic mass is 35.5. The summed E-state index contributed by atoms with van der Waals surface area (Å²) in [6.07, 6.45) is -4.92. The molecule has 8 nitrogen and oxygen atoms in total. The molecule has 14 heteroatoms. The summed E-state index contributed by atoms with van der Waals surface area (Å²) in [5.74, 6) is -3.76. The van der Waals surface area contributed by atoms with Crippen molar-refractivity contribution in [3.8, 4) is 6.07 Å². The van der Waals surface area contributed by atoms with Gasteiger partial charge in [-0.25, -0.2) is 13.6 Å². The zero-order valence-electron chi connectivity index (χ0n) is 19.9. The van der Waals surface area contributed by atoms with Gasteiger partial charge in [0.2, 0.25) is 0 Å². The van der Waals surface area contributed by atoms with Crippen LogP contribution in [0.5, 0.6) is 0 Å². The number of benzene rings is 3. The van der Waals surface area contributed by atoms with E-state index in [1.54, 1.807) is 0 Å². The molecule has 0 fully saturated rings. The van der Waals surface area contributed by atoms with Gasteiger partial charge < -0.3 is 20.9 Å². The Morgan fingerprint density at radius 3 is 2.55 bits per heavy atom. The Bertz CT molecular complexity index is 1650. The van der Waals surface area contributed by atoms with Crippen molar-refractivity contribution in [2.75, 3.05) is 17.2 Å². The molecule has 4 amide bonds. The van der Waals surface area contributed by atoms with E-state index in [2.05, 4.69) is 16.0 Å². The molecule has 3 aromatic carbocycles. The second kappa shape index (κ2) is 9.80. The highest BCUT2D eigenvalue weighted by molar-refractivity contribution is 6.31. The fraction of sp³-hybridized carbons (Fsp3) is 0.154. The predicted octanol–water partition coefficient (Wildman–Crippen LogP) is 5.59. The van der Waals surface area contributed by atoms with Crippen molar-refractivity contribution in [2.24, 2.45) is 0 Å². The molecule has 0 bridgehead atoms. The van der Waals surface area contributed by atoms with Crippen molar-refractivity contribution in [2.45, 2.75) is 18.8 Å². The van der Waals surface area contributed by atoms with E-state index in [0.29, 0.717) is 17.7 Å². The number of nitrogens with zero attached hydrogens (tertiary/aromatic N) is 2. The van der Waals surface area contributed by atoms with Gasteiger partial charge in [-0.3, -0.25) is 9.59 Å². The summed E-state index contributed by atoms with van der Waals surface area (Å²) < 4.78 is 67.5. The lowest BCUT2D eigenvalue weighted by Crippen LogP contribution is -2.39. The summed E-state index contributed by atoms with van der Waals surface area (Å²) in [5, 5.41) is 16.6. The normalized spacial score (nSPS) is 16.0. The SMILES string of the molecule is N#CCN1Cc2cc(NC(=O)c3cc(F)cc(C(F)(F)F)c3)c3c(c2NC1=O)C(=O)NC3c1ccc(F)cc1Cl. The first-order valence-corrected chi connectivity index (χ1v) is 11.8. The Labute approximate surface area is 227 Å². The first-order chi connectivity index (χ1) is 18.9. The van der Waals surface area contributed by atoms with Crippen molar-refractivity contribution in [1.82, 2.24) is 10.2 Å². The lowest BCUT2D eigenvalue weighted by molar-refractivity contribution is -0.137. The van der Waals surface area contributed by atoms with Crippen LogP contribution in [0.1, 0.15) is 49.0 Å². The molecule has 0 saturated carbocycles. The maximum atomic E-state index is 14.0. The lowest BCUT2D eigenvalue weighted by atomic mass is 9.92. The average Bonchev–Trinajstić information content (AvgIpc) is 3.21. The standard InChI is InChI=1S/C26H15ClF5N5O3/c27-17-9-14(28)1-2-16(17)22-19-18(34-23(38)11-5-13(26(30,31)32)8-15(29)6-11)7-12-10-37(4-3-33)25(40)36-21(12)20(19)24(39)35-22/h1-2,5-9,22H,4,10H2,(H,34,38)(H,35,39)(H,36,40). The van der Waals surface area contributed by atoms with Gasteiger partial charge in [-0.15, -0.1) is 0 Å². The predicted molar refractivity (Wildman–Crippen MR) is 132 cm³/mol. The largest absolute Gasteiger partial charge is 0.416 e. The van der Waals surface area contributed by atoms with Crippen LogP contribution in [-0.2, 0) is 12.7 Å². The van der Waals surface area contributed by atoms with Crippen LogP contribution in [0.3, 0.4) is 0 Å². The number of carbonyl (C=O) groups is 3. The van der Waals surface area contributed by atoms with E-state index in [1.165, 1.54) is 12.1 Å². The average molecular weight is 576 g/mol. The van der Waals surface area contributed by atoms with E-state index in [1.807, 2.05) is 6.07 Å². The van der Waals surface area contributed by atoms with E-state index in [4.69, 9.17) is 16.9 Å². The smallest absolute Gasteiger partial charge is 0.341 e. The first kappa shape index (κ1) is 26.9. The lowest BCUT2D eigenvalue weighted by Gasteiger charge is -2.30. The number of hydrogen-bond donors (Lipinski definition) is 3. The second-order valence-electron chi connectivity index (χ2n) is 8.94. The zero-order chi connectivity index (χ0) is 28.9. The van der Waals surface area contributed by atoms with Crippen molar-refractivity contribution in [1.29, 1.82) is 5.26 Å². The number of nitriles is 1. The Morgan fingerprint density at radius 2 is 1.88 bits per heavy atom. The van der Waals surface area contributed by atoms with E-state index < -0.39 is 52.8 Å². The third-order valence-electron chi connectivity index (χ3n) is 6.39. The van der Waals surface area contributed by atoms with Gasteiger partial charge in [0, 0.05) is 21.8 Å². The number of nitrogens with one attached hydrogen (secondary N) is 3. The molecule has 0 spiro atoms. The minimum absolute atomic E-state index is 0.0617. The van der Waals surface area contributed by atoms with Crippen LogP contribution in [0.4, 0.5) is 38.1 Å². The van der Waals surface area contributed by atoms with E-state index in [0.717, 1.165) is 17.0 Å². The minimum atomic E-state index is -4.92. The molecule has 204 valence electrons. The monoisotopic (exact) mass is 575 g/mol. The number of halogens is 6. The molecule has 0 aliphatic carbocycles. The van der Waals surface area contributed by atoms with Crippen LogP contribution in [0.15, 0.2) is 42.5 Å². The molecule has 0 radical (unpaired) electrons. The molecule has 2 aliphatic heterocycles. The third kappa shape index (κ3) is 4.77. The molecule has 3 N–H and O–H groups in total. The Kier molecular flexibility index (Phi) is 6.59. The van der Waals surface area contributed by atoms with Crippen LogP contribution in [0, 0.1) is 23.0 Å². The molecule has 0 saturated heterocycles. The molecule has 0 aromatic heterocycles. The van der Waals surface area contributed by atoms with Crippen molar-refractivity contribution in [3.63, 3.8) is 0 Å². The number of hydrogen-bond acceptors (Lipinski definition) is 4. The van der Waals surface area contributed by atoms with Crippen LogP contribution >= 0.6 is 11.6 Å². The van der Waals surface area contributed by atoms with Crippen molar-refractivity contribution in [3.05, 3.63) is 92.5 Å². The van der Waals surface area contributed by atoms with Gasteiger partial charge in [0.1, 0.15) is 18.2 Å². The van der Waals surface area contributed by atoms with Gasteiger partial charge in [-0.2, -0.15) is 18.4 Å². The molecule has 2 aliphatic rings. The fourth-order valence-electron chi connectivity index (χ4n) is 4.66. The number of urea groups is 1. The Hall–Kier alpha value is -4.70. The highest BCUT2D eigenvalue weighted by Crippen LogP contribution is 2.45. The van der Waals surface area contributed by atoms with Gasteiger partial charge in [0.25, 0.3) is 11.8 Å². The van der Waals surface area contributed by atoms with Gasteiger partial charge in [0.15, 0.2) is 0 Å². The quantitative estimate of drug-likeness (QED) is 0.278. The van der Waals surface area contributed by atoms with Crippen LogP contribution in [-0.4, -0.2) is 29.3 Å². The van der Waals surface area contributed by atoms with Gasteiger partial charge >= 0.3 is 12.2 Å². The molecular formula is C26H15ClF5N5O3. The maximum absolute atomic E-state index is 14.0. The summed E-state index contributed by atoms with van der Waals surface area (Å²) in [4.78, 5) is 40.0. The molecule has 1 unspecified atom stereocenters. The summed E-state index contributed by atoms with van der Waals surface area (Å²) >= 11 is 6.24. The van der Waals surface area contributed by atoms with Gasteiger partial charge in [0.05, 0.1) is 35.5 Å². The van der Waals surface area contributed by atoms with E-state index in [9.17, 15) is 36.3 Å². The molecule has 5 rings (SSSR count).